The number of aliphatic carboxylic acids is 1. The lowest BCUT2D eigenvalue weighted by Gasteiger charge is -2.25. The highest BCUT2D eigenvalue weighted by Gasteiger charge is 2.28. The van der Waals surface area contributed by atoms with Crippen molar-refractivity contribution in [1.82, 2.24) is 4.57 Å². The maximum absolute atomic E-state index is 11.0. The Labute approximate surface area is 109 Å². The van der Waals surface area contributed by atoms with E-state index in [4.69, 9.17) is 5.11 Å². The second kappa shape index (κ2) is 5.17. The Kier molecular flexibility index (Phi) is 3.79. The van der Waals surface area contributed by atoms with Crippen molar-refractivity contribution in [3.05, 3.63) is 23.0 Å². The Morgan fingerprint density at radius 3 is 2.83 bits per heavy atom. The van der Waals surface area contributed by atoms with Gasteiger partial charge in [-0.3, -0.25) is 4.79 Å². The molecule has 0 radical (unpaired) electrons. The summed E-state index contributed by atoms with van der Waals surface area (Å²) in [5.41, 5.74) is 4.05. The molecular formula is C15H23NO2. The van der Waals surface area contributed by atoms with Gasteiger partial charge < -0.3 is 9.67 Å². The zero-order valence-electron chi connectivity index (χ0n) is 11.6. The van der Waals surface area contributed by atoms with Crippen molar-refractivity contribution in [3.8, 4) is 0 Å². The molecule has 0 amide bonds. The van der Waals surface area contributed by atoms with Crippen LogP contribution in [0, 0.1) is 0 Å². The Morgan fingerprint density at radius 2 is 2.28 bits per heavy atom. The largest absolute Gasteiger partial charge is 0.481 e. The van der Waals surface area contributed by atoms with E-state index in [0.717, 1.165) is 25.8 Å². The molecule has 1 atom stereocenters. The van der Waals surface area contributed by atoms with Gasteiger partial charge in [0.2, 0.25) is 0 Å². The zero-order chi connectivity index (χ0) is 13.3. The Morgan fingerprint density at radius 1 is 1.56 bits per heavy atom. The van der Waals surface area contributed by atoms with Crippen molar-refractivity contribution < 1.29 is 9.90 Å². The second-order valence-electron chi connectivity index (χ2n) is 5.57. The van der Waals surface area contributed by atoms with Crippen LogP contribution in [-0.4, -0.2) is 15.6 Å². The molecule has 0 saturated carbocycles. The van der Waals surface area contributed by atoms with Crippen LogP contribution in [0.5, 0.6) is 0 Å². The molecule has 0 saturated heterocycles. The third kappa shape index (κ3) is 2.31. The number of hydrogen-bond acceptors (Lipinski definition) is 1. The summed E-state index contributed by atoms with van der Waals surface area (Å²) in [6.45, 7) is 7.51. The van der Waals surface area contributed by atoms with E-state index >= 15 is 0 Å². The minimum absolute atomic E-state index is 0.207. The predicted molar refractivity (Wildman–Crippen MR) is 72.1 cm³/mol. The maximum atomic E-state index is 11.0. The van der Waals surface area contributed by atoms with E-state index in [1.807, 2.05) is 0 Å². The molecule has 1 aromatic rings. The number of carboxylic acid groups (broad SMARTS) is 1. The minimum Gasteiger partial charge on any atom is -0.481 e. The van der Waals surface area contributed by atoms with E-state index in [1.54, 1.807) is 0 Å². The van der Waals surface area contributed by atoms with E-state index < -0.39 is 5.97 Å². The lowest BCUT2D eigenvalue weighted by molar-refractivity contribution is -0.137. The predicted octanol–water partition coefficient (Wildman–Crippen LogP) is 3.53. The molecule has 1 aliphatic rings. The molecule has 100 valence electrons. The zero-order valence-corrected chi connectivity index (χ0v) is 11.6. The van der Waals surface area contributed by atoms with E-state index in [2.05, 4.69) is 31.4 Å². The third-order valence-electron chi connectivity index (χ3n) is 3.97. The minimum atomic E-state index is -0.678. The van der Waals surface area contributed by atoms with Crippen LogP contribution >= 0.6 is 0 Å². The summed E-state index contributed by atoms with van der Waals surface area (Å²) in [5, 5.41) is 9.06. The van der Waals surface area contributed by atoms with E-state index in [1.165, 1.54) is 17.0 Å². The molecule has 0 aliphatic heterocycles. The van der Waals surface area contributed by atoms with Crippen LogP contribution in [0.2, 0.25) is 0 Å². The number of aryl methyl sites for hydroxylation is 1. The standard InChI is InChI=1S/C15H23NO2/c1-4-16-13(10(2)3)8-11-6-5-7-12(15(11)16)9-14(17)18/h8,10,12H,4-7,9H2,1-3H3,(H,17,18). The third-order valence-corrected chi connectivity index (χ3v) is 3.97. The molecule has 0 spiro atoms. The van der Waals surface area contributed by atoms with Gasteiger partial charge in [0, 0.05) is 23.9 Å². The fourth-order valence-electron chi connectivity index (χ4n) is 3.24. The first-order valence-electron chi connectivity index (χ1n) is 6.98. The summed E-state index contributed by atoms with van der Waals surface area (Å²) >= 11 is 0. The molecule has 0 aromatic carbocycles. The molecule has 3 heteroatoms. The van der Waals surface area contributed by atoms with Crippen LogP contribution in [0.4, 0.5) is 0 Å². The van der Waals surface area contributed by atoms with Gasteiger partial charge in [0.15, 0.2) is 0 Å². The number of carbonyl (C=O) groups is 1. The van der Waals surface area contributed by atoms with Gasteiger partial charge in [0.1, 0.15) is 0 Å². The van der Waals surface area contributed by atoms with E-state index in [-0.39, 0.29) is 12.3 Å². The van der Waals surface area contributed by atoms with Gasteiger partial charge in [-0.2, -0.15) is 0 Å². The summed E-state index contributed by atoms with van der Waals surface area (Å²) in [4.78, 5) is 11.0. The van der Waals surface area contributed by atoms with Crippen LogP contribution in [0.3, 0.4) is 0 Å². The molecule has 0 bridgehead atoms. The molecule has 3 nitrogen and oxygen atoms in total. The fourth-order valence-corrected chi connectivity index (χ4v) is 3.24. The number of rotatable bonds is 4. The van der Waals surface area contributed by atoms with Crippen molar-refractivity contribution in [1.29, 1.82) is 0 Å². The summed E-state index contributed by atoms with van der Waals surface area (Å²) in [5.74, 6) is 0.0301. The van der Waals surface area contributed by atoms with Gasteiger partial charge in [-0.25, -0.2) is 0 Å². The number of carboxylic acids is 1. The van der Waals surface area contributed by atoms with E-state index in [9.17, 15) is 4.79 Å². The highest BCUT2D eigenvalue weighted by atomic mass is 16.4. The topological polar surface area (TPSA) is 42.2 Å². The smallest absolute Gasteiger partial charge is 0.304 e. The molecular weight excluding hydrogens is 226 g/mol. The summed E-state index contributed by atoms with van der Waals surface area (Å²) < 4.78 is 2.35. The fraction of sp³-hybridized carbons (Fsp3) is 0.667. The Balaban J connectivity index is 2.44. The lowest BCUT2D eigenvalue weighted by Crippen LogP contribution is -2.17. The average Bonchev–Trinajstić information content (AvgIpc) is 2.68. The van der Waals surface area contributed by atoms with Crippen LogP contribution in [0.15, 0.2) is 6.07 Å². The number of aromatic nitrogens is 1. The van der Waals surface area contributed by atoms with Crippen molar-refractivity contribution in [2.75, 3.05) is 0 Å². The molecule has 0 fully saturated rings. The molecule has 1 aromatic heterocycles. The van der Waals surface area contributed by atoms with Crippen LogP contribution in [-0.2, 0) is 17.8 Å². The first kappa shape index (κ1) is 13.2. The molecule has 1 aliphatic carbocycles. The number of hydrogen-bond donors (Lipinski definition) is 1. The first-order chi connectivity index (χ1) is 8.54. The molecule has 18 heavy (non-hydrogen) atoms. The van der Waals surface area contributed by atoms with Crippen LogP contribution in [0.25, 0.3) is 0 Å². The van der Waals surface area contributed by atoms with E-state index in [0.29, 0.717) is 5.92 Å². The average molecular weight is 249 g/mol. The highest BCUT2D eigenvalue weighted by molar-refractivity contribution is 5.68. The van der Waals surface area contributed by atoms with Gasteiger partial charge in [-0.1, -0.05) is 13.8 Å². The number of nitrogens with zero attached hydrogens (tertiary/aromatic N) is 1. The molecule has 1 unspecified atom stereocenters. The van der Waals surface area contributed by atoms with Gasteiger partial charge in [0.05, 0.1) is 6.42 Å². The lowest BCUT2D eigenvalue weighted by atomic mass is 9.85. The van der Waals surface area contributed by atoms with Crippen molar-refractivity contribution in [2.24, 2.45) is 0 Å². The molecule has 1 N–H and O–H groups in total. The van der Waals surface area contributed by atoms with Crippen LogP contribution < -0.4 is 0 Å². The molecule has 2 rings (SSSR count). The van der Waals surface area contributed by atoms with Gasteiger partial charge in [-0.05, 0) is 43.7 Å². The van der Waals surface area contributed by atoms with Gasteiger partial charge in [0.25, 0.3) is 0 Å². The number of fused-ring (bicyclic) bond motifs is 1. The summed E-state index contributed by atoms with van der Waals surface area (Å²) in [6.07, 6.45) is 3.52. The van der Waals surface area contributed by atoms with Crippen molar-refractivity contribution >= 4 is 5.97 Å². The Hall–Kier alpha value is -1.25. The highest BCUT2D eigenvalue weighted by Crippen LogP contribution is 2.37. The second-order valence-corrected chi connectivity index (χ2v) is 5.57. The summed E-state index contributed by atoms with van der Waals surface area (Å²) in [7, 11) is 0. The Bertz CT molecular complexity index is 446. The monoisotopic (exact) mass is 249 g/mol. The first-order valence-corrected chi connectivity index (χ1v) is 6.98. The molecule has 1 heterocycles. The van der Waals surface area contributed by atoms with Crippen LogP contribution in [0.1, 0.15) is 68.8 Å². The van der Waals surface area contributed by atoms with Gasteiger partial charge >= 0.3 is 5.97 Å². The maximum Gasteiger partial charge on any atom is 0.304 e. The normalized spacial score (nSPS) is 19.0. The van der Waals surface area contributed by atoms with Crippen molar-refractivity contribution in [2.45, 2.75) is 64.8 Å². The SMILES string of the molecule is CCn1c(C(C)C)cc2c1C(CC(=O)O)CCC2. The summed E-state index contributed by atoms with van der Waals surface area (Å²) in [6, 6.07) is 2.30. The quantitative estimate of drug-likeness (QED) is 0.887. The van der Waals surface area contributed by atoms with Crippen molar-refractivity contribution in [3.63, 3.8) is 0 Å². The van der Waals surface area contributed by atoms with Gasteiger partial charge in [-0.15, -0.1) is 0 Å².